The van der Waals surface area contributed by atoms with Gasteiger partial charge in [0.15, 0.2) is 5.69 Å². The van der Waals surface area contributed by atoms with E-state index in [2.05, 4.69) is 41.2 Å². The molecule has 1 fully saturated rings. The molecule has 0 saturated heterocycles. The zero-order valence-corrected chi connectivity index (χ0v) is 16.3. The lowest BCUT2D eigenvalue weighted by Crippen LogP contribution is -2.12. The summed E-state index contributed by atoms with van der Waals surface area (Å²) in [5.74, 6) is -0.607. The second-order valence-electron chi connectivity index (χ2n) is 7.59. The van der Waals surface area contributed by atoms with Crippen LogP contribution >= 0.6 is 0 Å². The third-order valence-corrected chi connectivity index (χ3v) is 5.51. The van der Waals surface area contributed by atoms with E-state index in [4.69, 9.17) is 4.74 Å². The van der Waals surface area contributed by atoms with Crippen molar-refractivity contribution in [2.45, 2.75) is 51.4 Å². The summed E-state index contributed by atoms with van der Waals surface area (Å²) in [6.07, 6.45) is 9.48. The highest BCUT2D eigenvalue weighted by Gasteiger charge is 2.27. The van der Waals surface area contributed by atoms with Crippen molar-refractivity contribution >= 4 is 11.5 Å². The SMILES string of the molecule is CCCc1c(Cc2ncc(C3CC3)nc2C(=O)O)cccc1C1=CCOCC1. The lowest BCUT2D eigenvalue weighted by atomic mass is 9.88. The summed E-state index contributed by atoms with van der Waals surface area (Å²) in [4.78, 5) is 20.8. The standard InChI is InChI=1S/C23H26N2O3/c1-2-4-18-17(5-3-6-19(18)15-9-11-28-12-10-15)13-20-22(23(26)27)25-21(14-24-20)16-7-8-16/h3,5-6,9,14,16H,2,4,7-8,10-13H2,1H3,(H,26,27). The van der Waals surface area contributed by atoms with E-state index in [-0.39, 0.29) is 5.69 Å². The fourth-order valence-electron chi connectivity index (χ4n) is 3.90. The number of aromatic nitrogens is 2. The number of carboxylic acid groups (broad SMARTS) is 1. The number of nitrogens with zero attached hydrogens (tertiary/aromatic N) is 2. The van der Waals surface area contributed by atoms with Gasteiger partial charge in [0.25, 0.3) is 0 Å². The van der Waals surface area contributed by atoms with E-state index >= 15 is 0 Å². The van der Waals surface area contributed by atoms with Crippen molar-refractivity contribution in [2.75, 3.05) is 13.2 Å². The van der Waals surface area contributed by atoms with Gasteiger partial charge < -0.3 is 9.84 Å². The van der Waals surface area contributed by atoms with Gasteiger partial charge in [0, 0.05) is 18.5 Å². The molecular formula is C23H26N2O3. The Hall–Kier alpha value is -2.53. The predicted octanol–water partition coefficient (Wildman–Crippen LogP) is 4.40. The van der Waals surface area contributed by atoms with Crippen molar-refractivity contribution in [3.05, 3.63) is 64.2 Å². The van der Waals surface area contributed by atoms with E-state index < -0.39 is 5.97 Å². The third kappa shape index (κ3) is 3.99. The normalized spacial score (nSPS) is 16.7. The second-order valence-corrected chi connectivity index (χ2v) is 7.59. The van der Waals surface area contributed by atoms with E-state index in [0.717, 1.165) is 50.0 Å². The maximum absolute atomic E-state index is 11.8. The molecule has 1 saturated carbocycles. The van der Waals surface area contributed by atoms with Gasteiger partial charge in [0.05, 0.1) is 24.6 Å². The Balaban J connectivity index is 1.71. The van der Waals surface area contributed by atoms with Crippen LogP contribution in [0.25, 0.3) is 5.57 Å². The Labute approximate surface area is 165 Å². The molecule has 2 aromatic rings. The molecule has 2 heterocycles. The average molecular weight is 378 g/mol. The minimum Gasteiger partial charge on any atom is -0.476 e. The summed E-state index contributed by atoms with van der Waals surface area (Å²) in [7, 11) is 0. The second kappa shape index (κ2) is 8.23. The Morgan fingerprint density at radius 3 is 2.86 bits per heavy atom. The fourth-order valence-corrected chi connectivity index (χ4v) is 3.90. The third-order valence-electron chi connectivity index (χ3n) is 5.51. The maximum Gasteiger partial charge on any atom is 0.356 e. The summed E-state index contributed by atoms with van der Waals surface area (Å²) in [6, 6.07) is 6.33. The number of carboxylic acids is 1. The van der Waals surface area contributed by atoms with E-state index in [1.165, 1.54) is 16.7 Å². The van der Waals surface area contributed by atoms with Crippen LogP contribution in [-0.2, 0) is 17.6 Å². The van der Waals surface area contributed by atoms with Gasteiger partial charge in [-0.05, 0) is 47.9 Å². The molecule has 28 heavy (non-hydrogen) atoms. The van der Waals surface area contributed by atoms with Gasteiger partial charge >= 0.3 is 5.97 Å². The minimum absolute atomic E-state index is 0.0996. The smallest absolute Gasteiger partial charge is 0.356 e. The molecule has 1 aliphatic heterocycles. The lowest BCUT2D eigenvalue weighted by molar-refractivity contribution is 0.0688. The first-order valence-electron chi connectivity index (χ1n) is 10.1. The Kier molecular flexibility index (Phi) is 5.53. The van der Waals surface area contributed by atoms with Crippen molar-refractivity contribution in [3.8, 4) is 0 Å². The van der Waals surface area contributed by atoms with Crippen LogP contribution in [0.15, 0.2) is 30.5 Å². The molecule has 1 N–H and O–H groups in total. The van der Waals surface area contributed by atoms with Gasteiger partial charge in [-0.3, -0.25) is 4.98 Å². The van der Waals surface area contributed by atoms with E-state index in [1.54, 1.807) is 6.20 Å². The highest BCUT2D eigenvalue weighted by Crippen LogP contribution is 2.39. The van der Waals surface area contributed by atoms with Crippen LogP contribution in [0.5, 0.6) is 0 Å². The summed E-state index contributed by atoms with van der Waals surface area (Å²) < 4.78 is 5.46. The van der Waals surface area contributed by atoms with Crippen LogP contribution in [0.4, 0.5) is 0 Å². The number of ether oxygens (including phenoxy) is 1. The van der Waals surface area contributed by atoms with Crippen LogP contribution in [0.1, 0.15) is 77.1 Å². The molecule has 0 unspecified atom stereocenters. The Bertz CT molecular complexity index is 916. The molecule has 2 aliphatic rings. The molecule has 1 aliphatic carbocycles. The van der Waals surface area contributed by atoms with Gasteiger partial charge in [0.2, 0.25) is 0 Å². The highest BCUT2D eigenvalue weighted by atomic mass is 16.5. The molecule has 1 aromatic carbocycles. The van der Waals surface area contributed by atoms with Crippen LogP contribution in [0.2, 0.25) is 0 Å². The topological polar surface area (TPSA) is 72.3 Å². The molecule has 0 spiro atoms. The Morgan fingerprint density at radius 1 is 1.32 bits per heavy atom. The van der Waals surface area contributed by atoms with Crippen molar-refractivity contribution in [1.29, 1.82) is 0 Å². The molecule has 146 valence electrons. The molecule has 0 radical (unpaired) electrons. The highest BCUT2D eigenvalue weighted by molar-refractivity contribution is 5.86. The summed E-state index contributed by atoms with van der Waals surface area (Å²) >= 11 is 0. The monoisotopic (exact) mass is 378 g/mol. The van der Waals surface area contributed by atoms with E-state index in [9.17, 15) is 9.90 Å². The van der Waals surface area contributed by atoms with Crippen molar-refractivity contribution in [2.24, 2.45) is 0 Å². The van der Waals surface area contributed by atoms with Gasteiger partial charge in [-0.1, -0.05) is 37.6 Å². The van der Waals surface area contributed by atoms with Crippen LogP contribution < -0.4 is 0 Å². The molecule has 5 nitrogen and oxygen atoms in total. The van der Waals surface area contributed by atoms with Crippen molar-refractivity contribution in [3.63, 3.8) is 0 Å². The molecule has 0 bridgehead atoms. The number of carbonyl (C=O) groups is 1. The lowest BCUT2D eigenvalue weighted by Gasteiger charge is -2.20. The zero-order chi connectivity index (χ0) is 19.5. The zero-order valence-electron chi connectivity index (χ0n) is 16.3. The number of rotatable bonds is 7. The van der Waals surface area contributed by atoms with Crippen molar-refractivity contribution in [1.82, 2.24) is 9.97 Å². The molecule has 1 aromatic heterocycles. The minimum atomic E-state index is -0.995. The molecule has 0 atom stereocenters. The van der Waals surface area contributed by atoms with Gasteiger partial charge in [0.1, 0.15) is 0 Å². The van der Waals surface area contributed by atoms with Gasteiger partial charge in [-0.2, -0.15) is 0 Å². The largest absolute Gasteiger partial charge is 0.476 e. The first kappa shape index (κ1) is 18.8. The van der Waals surface area contributed by atoms with Crippen LogP contribution in [-0.4, -0.2) is 34.3 Å². The molecule has 0 amide bonds. The quantitative estimate of drug-likeness (QED) is 0.773. The number of hydrogen-bond acceptors (Lipinski definition) is 4. The summed E-state index contributed by atoms with van der Waals surface area (Å²) in [5, 5.41) is 9.68. The Morgan fingerprint density at radius 2 is 2.18 bits per heavy atom. The number of hydrogen-bond donors (Lipinski definition) is 1. The summed E-state index contributed by atoms with van der Waals surface area (Å²) in [6.45, 7) is 3.58. The number of benzene rings is 1. The maximum atomic E-state index is 11.8. The molecular weight excluding hydrogens is 352 g/mol. The summed E-state index contributed by atoms with van der Waals surface area (Å²) in [5.41, 5.74) is 6.49. The van der Waals surface area contributed by atoms with E-state index in [1.807, 2.05) is 0 Å². The first-order valence-corrected chi connectivity index (χ1v) is 10.1. The first-order chi connectivity index (χ1) is 13.7. The van der Waals surface area contributed by atoms with Gasteiger partial charge in [-0.25, -0.2) is 9.78 Å². The van der Waals surface area contributed by atoms with Crippen LogP contribution in [0.3, 0.4) is 0 Å². The predicted molar refractivity (Wildman–Crippen MR) is 108 cm³/mol. The average Bonchev–Trinajstić information content (AvgIpc) is 3.55. The molecule has 5 heteroatoms. The van der Waals surface area contributed by atoms with Crippen molar-refractivity contribution < 1.29 is 14.6 Å². The van der Waals surface area contributed by atoms with E-state index in [0.29, 0.717) is 24.6 Å². The van der Waals surface area contributed by atoms with Crippen LogP contribution in [0, 0.1) is 0 Å². The van der Waals surface area contributed by atoms with Gasteiger partial charge in [-0.15, -0.1) is 0 Å². The fraction of sp³-hybridized carbons (Fsp3) is 0.435. The molecule has 4 rings (SSSR count). The number of aromatic carboxylic acids is 1.